The zero-order valence-corrected chi connectivity index (χ0v) is 14.5. The third-order valence-electron chi connectivity index (χ3n) is 3.76. The average Bonchev–Trinajstić information content (AvgIpc) is 2.99. The first kappa shape index (κ1) is 16.5. The third kappa shape index (κ3) is 3.13. The topological polar surface area (TPSA) is 47.0 Å². The predicted molar refractivity (Wildman–Crippen MR) is 96.1 cm³/mol. The van der Waals surface area contributed by atoms with Gasteiger partial charge >= 0.3 is 5.97 Å². The van der Waals surface area contributed by atoms with Crippen LogP contribution in [0, 0.1) is 4.77 Å². The molecule has 0 aliphatic carbocycles. The number of carbonyl (C=O) groups is 1. The van der Waals surface area contributed by atoms with Crippen LogP contribution < -0.4 is 0 Å². The van der Waals surface area contributed by atoms with Crippen LogP contribution in [0.25, 0.3) is 0 Å². The molecule has 0 bridgehead atoms. The summed E-state index contributed by atoms with van der Waals surface area (Å²) < 4.78 is 7.09. The Balaban J connectivity index is 2.23. The number of hydrogen-bond acceptors (Lipinski definition) is 3. The van der Waals surface area contributed by atoms with Gasteiger partial charge in [0, 0.05) is 11.2 Å². The molecule has 0 spiro atoms. The SMILES string of the molecule is COC(=O)c1c[nH]c(=S)n1C(c1ccccc1)c1ccc(Cl)cc1. The summed E-state index contributed by atoms with van der Waals surface area (Å²) >= 11 is 11.4. The monoisotopic (exact) mass is 358 g/mol. The van der Waals surface area contributed by atoms with E-state index in [2.05, 4.69) is 4.98 Å². The van der Waals surface area contributed by atoms with E-state index in [1.54, 1.807) is 10.8 Å². The van der Waals surface area contributed by atoms with Crippen LogP contribution in [0.3, 0.4) is 0 Å². The van der Waals surface area contributed by atoms with Crippen LogP contribution in [0.1, 0.15) is 27.7 Å². The molecule has 1 unspecified atom stereocenters. The van der Waals surface area contributed by atoms with Crippen LogP contribution in [0.5, 0.6) is 0 Å². The van der Waals surface area contributed by atoms with Crippen molar-refractivity contribution < 1.29 is 9.53 Å². The Labute approximate surface area is 149 Å². The Morgan fingerprint density at radius 3 is 2.38 bits per heavy atom. The number of imidazole rings is 1. The van der Waals surface area contributed by atoms with Crippen molar-refractivity contribution in [1.82, 2.24) is 9.55 Å². The van der Waals surface area contributed by atoms with E-state index < -0.39 is 5.97 Å². The van der Waals surface area contributed by atoms with Crippen LogP contribution in [0.15, 0.2) is 60.8 Å². The van der Waals surface area contributed by atoms with E-state index in [4.69, 9.17) is 28.6 Å². The minimum absolute atomic E-state index is 0.267. The van der Waals surface area contributed by atoms with Crippen LogP contribution in [-0.4, -0.2) is 22.6 Å². The van der Waals surface area contributed by atoms with Gasteiger partial charge in [0.15, 0.2) is 4.77 Å². The highest BCUT2D eigenvalue weighted by Crippen LogP contribution is 2.29. The highest BCUT2D eigenvalue weighted by molar-refractivity contribution is 7.71. The first-order chi connectivity index (χ1) is 11.6. The zero-order valence-electron chi connectivity index (χ0n) is 12.9. The molecule has 0 amide bonds. The molecule has 0 saturated heterocycles. The number of benzene rings is 2. The fourth-order valence-electron chi connectivity index (χ4n) is 2.67. The van der Waals surface area contributed by atoms with Crippen LogP contribution in [0.2, 0.25) is 5.02 Å². The lowest BCUT2D eigenvalue weighted by Crippen LogP contribution is -2.18. The van der Waals surface area contributed by atoms with Crippen LogP contribution in [0.4, 0.5) is 0 Å². The molecule has 0 aliphatic rings. The number of rotatable bonds is 4. The Morgan fingerprint density at radius 1 is 1.12 bits per heavy atom. The van der Waals surface area contributed by atoms with E-state index in [9.17, 15) is 4.79 Å². The Morgan fingerprint density at radius 2 is 1.75 bits per heavy atom. The average molecular weight is 359 g/mol. The first-order valence-corrected chi connectivity index (χ1v) is 8.09. The molecule has 122 valence electrons. The highest BCUT2D eigenvalue weighted by Gasteiger charge is 2.23. The predicted octanol–water partition coefficient (Wildman–Crippen LogP) is 4.62. The fourth-order valence-corrected chi connectivity index (χ4v) is 3.06. The summed E-state index contributed by atoms with van der Waals surface area (Å²) in [7, 11) is 1.35. The second kappa shape index (κ2) is 7.03. The number of halogens is 1. The number of nitrogens with zero attached hydrogens (tertiary/aromatic N) is 1. The van der Waals surface area contributed by atoms with E-state index in [-0.39, 0.29) is 6.04 Å². The molecule has 3 aromatic rings. The normalized spacial score (nSPS) is 11.9. The van der Waals surface area contributed by atoms with Crippen molar-refractivity contribution in [2.45, 2.75) is 6.04 Å². The highest BCUT2D eigenvalue weighted by atomic mass is 35.5. The Hall–Kier alpha value is -2.37. The summed E-state index contributed by atoms with van der Waals surface area (Å²) in [5, 5.41) is 0.649. The van der Waals surface area contributed by atoms with Crippen molar-refractivity contribution in [3.63, 3.8) is 0 Å². The number of hydrogen-bond donors (Lipinski definition) is 1. The van der Waals surface area contributed by atoms with Gasteiger partial charge in [0.05, 0.1) is 13.2 Å². The maximum absolute atomic E-state index is 12.1. The zero-order chi connectivity index (χ0) is 17.1. The number of esters is 1. The van der Waals surface area contributed by atoms with Gasteiger partial charge < -0.3 is 9.72 Å². The van der Waals surface area contributed by atoms with Crippen LogP contribution in [-0.2, 0) is 4.74 Å². The first-order valence-electron chi connectivity index (χ1n) is 7.30. The Kier molecular flexibility index (Phi) is 4.83. The molecule has 0 radical (unpaired) electrons. The molecule has 3 rings (SSSR count). The minimum atomic E-state index is -0.447. The molecule has 1 aromatic heterocycles. The molecule has 0 aliphatic heterocycles. The molecule has 1 N–H and O–H groups in total. The van der Waals surface area contributed by atoms with Gasteiger partial charge in [-0.25, -0.2) is 4.79 Å². The summed E-state index contributed by atoms with van der Waals surface area (Å²) in [6, 6.07) is 17.1. The maximum atomic E-state index is 12.1. The molecule has 6 heteroatoms. The molecule has 1 atom stereocenters. The van der Waals surface area contributed by atoms with Gasteiger partial charge in [-0.1, -0.05) is 54.1 Å². The number of H-pyrrole nitrogens is 1. The number of carbonyl (C=O) groups excluding carboxylic acids is 1. The van der Waals surface area contributed by atoms with Gasteiger partial charge in [-0.05, 0) is 35.5 Å². The number of nitrogens with one attached hydrogen (secondary N) is 1. The van der Waals surface area contributed by atoms with Gasteiger partial charge in [0.25, 0.3) is 0 Å². The second-order valence-electron chi connectivity index (χ2n) is 5.21. The summed E-state index contributed by atoms with van der Waals surface area (Å²) in [5.41, 5.74) is 2.33. The fraction of sp³-hybridized carbons (Fsp3) is 0.111. The molecule has 2 aromatic carbocycles. The lowest BCUT2D eigenvalue weighted by molar-refractivity contribution is 0.0587. The van der Waals surface area contributed by atoms with Gasteiger partial charge in [-0.15, -0.1) is 0 Å². The summed E-state index contributed by atoms with van der Waals surface area (Å²) in [4.78, 5) is 15.1. The van der Waals surface area contributed by atoms with Crippen LogP contribution >= 0.6 is 23.8 Å². The largest absolute Gasteiger partial charge is 0.464 e. The maximum Gasteiger partial charge on any atom is 0.356 e. The van der Waals surface area contributed by atoms with Gasteiger partial charge in [-0.3, -0.25) is 4.57 Å². The van der Waals surface area contributed by atoms with E-state index >= 15 is 0 Å². The number of ether oxygens (including phenoxy) is 1. The van der Waals surface area contributed by atoms with Gasteiger partial charge in [-0.2, -0.15) is 0 Å². The molecule has 1 heterocycles. The van der Waals surface area contributed by atoms with E-state index in [0.29, 0.717) is 15.5 Å². The van der Waals surface area contributed by atoms with Crippen molar-refractivity contribution in [2.75, 3.05) is 7.11 Å². The van der Waals surface area contributed by atoms with Crippen molar-refractivity contribution in [1.29, 1.82) is 0 Å². The number of aromatic nitrogens is 2. The molecular formula is C18H15ClN2O2S. The summed E-state index contributed by atoms with van der Waals surface area (Å²) in [5.74, 6) is -0.447. The third-order valence-corrected chi connectivity index (χ3v) is 4.33. The quantitative estimate of drug-likeness (QED) is 0.546. The van der Waals surface area contributed by atoms with Gasteiger partial charge in [0.1, 0.15) is 5.69 Å². The lowest BCUT2D eigenvalue weighted by atomic mass is 9.98. The smallest absolute Gasteiger partial charge is 0.356 e. The number of methoxy groups -OCH3 is 1. The molecule has 0 saturated carbocycles. The Bertz CT molecular complexity index is 901. The minimum Gasteiger partial charge on any atom is -0.464 e. The van der Waals surface area contributed by atoms with Crippen molar-refractivity contribution >= 4 is 29.8 Å². The van der Waals surface area contributed by atoms with Gasteiger partial charge in [0.2, 0.25) is 0 Å². The molecule has 4 nitrogen and oxygen atoms in total. The van der Waals surface area contributed by atoms with Crippen molar-refractivity contribution in [3.8, 4) is 0 Å². The number of aromatic amines is 1. The lowest BCUT2D eigenvalue weighted by Gasteiger charge is -2.21. The molecule has 0 fully saturated rings. The van der Waals surface area contributed by atoms with Crippen molar-refractivity contribution in [3.05, 3.63) is 87.4 Å². The molecular weight excluding hydrogens is 344 g/mol. The van der Waals surface area contributed by atoms with E-state index in [0.717, 1.165) is 11.1 Å². The second-order valence-corrected chi connectivity index (χ2v) is 6.03. The van der Waals surface area contributed by atoms with E-state index in [1.807, 2.05) is 54.6 Å². The standard InChI is InChI=1S/C18H15ClN2O2S/c1-23-17(22)15-11-20-18(24)21(15)16(12-5-3-2-4-6-12)13-7-9-14(19)10-8-13/h2-11,16H,1H3,(H,20,24). The summed E-state index contributed by atoms with van der Waals surface area (Å²) in [6.07, 6.45) is 1.57. The van der Waals surface area contributed by atoms with Crippen molar-refractivity contribution in [2.24, 2.45) is 0 Å². The summed E-state index contributed by atoms with van der Waals surface area (Å²) in [6.45, 7) is 0. The van der Waals surface area contributed by atoms with E-state index in [1.165, 1.54) is 7.11 Å². The molecule has 24 heavy (non-hydrogen) atoms.